The van der Waals surface area contributed by atoms with E-state index in [1.807, 2.05) is 13.0 Å². The van der Waals surface area contributed by atoms with Crippen LogP contribution in [0.3, 0.4) is 0 Å². The number of nitrogens with one attached hydrogen (secondary N) is 1. The average molecular weight is 290 g/mol. The first kappa shape index (κ1) is 15.8. The molecule has 1 aliphatic rings. The van der Waals surface area contributed by atoms with Gasteiger partial charge in [0.15, 0.2) is 0 Å². The highest BCUT2D eigenvalue weighted by Crippen LogP contribution is 2.22. The minimum absolute atomic E-state index is 0.352. The van der Waals surface area contributed by atoms with E-state index in [9.17, 15) is 4.79 Å². The minimum atomic E-state index is -0.869. The molecule has 1 atom stereocenters. The van der Waals surface area contributed by atoms with Crippen LogP contribution < -0.4 is 5.32 Å². The van der Waals surface area contributed by atoms with Crippen molar-refractivity contribution in [1.29, 1.82) is 0 Å². The van der Waals surface area contributed by atoms with E-state index in [4.69, 9.17) is 5.11 Å². The highest BCUT2D eigenvalue weighted by molar-refractivity contribution is 5.88. The zero-order chi connectivity index (χ0) is 15.4. The summed E-state index contributed by atoms with van der Waals surface area (Å²) in [5.74, 6) is -0.869. The zero-order valence-electron chi connectivity index (χ0n) is 13.2. The monoisotopic (exact) mass is 290 g/mol. The summed E-state index contributed by atoms with van der Waals surface area (Å²) in [4.78, 5) is 13.5. The van der Waals surface area contributed by atoms with Crippen LogP contribution in [0.15, 0.2) is 18.2 Å². The molecule has 1 aromatic rings. The molecule has 0 aromatic heterocycles. The Morgan fingerprint density at radius 3 is 2.71 bits per heavy atom. The van der Waals surface area contributed by atoms with Crippen molar-refractivity contribution in [2.24, 2.45) is 0 Å². The molecule has 4 nitrogen and oxygen atoms in total. The molecule has 0 radical (unpaired) electrons. The van der Waals surface area contributed by atoms with Gasteiger partial charge < -0.3 is 15.3 Å². The smallest absolute Gasteiger partial charge is 0.335 e. The Morgan fingerprint density at radius 1 is 1.33 bits per heavy atom. The van der Waals surface area contributed by atoms with Crippen LogP contribution in [0.5, 0.6) is 0 Å². The van der Waals surface area contributed by atoms with E-state index in [0.717, 1.165) is 24.2 Å². The SMILES string of the molecule is Cc1cc(C(=O)O)ccc1NC1CCCN(C(C)C)CC1. The maximum absolute atomic E-state index is 11.0. The van der Waals surface area contributed by atoms with Crippen LogP contribution in [-0.2, 0) is 0 Å². The number of anilines is 1. The van der Waals surface area contributed by atoms with Crippen molar-refractivity contribution < 1.29 is 9.90 Å². The van der Waals surface area contributed by atoms with E-state index in [-0.39, 0.29) is 0 Å². The molecule has 1 unspecified atom stereocenters. The highest BCUT2D eigenvalue weighted by Gasteiger charge is 2.19. The fraction of sp³-hybridized carbons (Fsp3) is 0.588. The molecular weight excluding hydrogens is 264 g/mol. The van der Waals surface area contributed by atoms with Crippen molar-refractivity contribution >= 4 is 11.7 Å². The van der Waals surface area contributed by atoms with Crippen molar-refractivity contribution in [2.45, 2.75) is 52.1 Å². The third kappa shape index (κ3) is 4.21. The summed E-state index contributed by atoms with van der Waals surface area (Å²) < 4.78 is 0. The summed E-state index contributed by atoms with van der Waals surface area (Å²) in [6.07, 6.45) is 3.52. The Hall–Kier alpha value is -1.55. The molecule has 1 aliphatic heterocycles. The van der Waals surface area contributed by atoms with Crippen molar-refractivity contribution in [3.05, 3.63) is 29.3 Å². The van der Waals surface area contributed by atoms with Gasteiger partial charge in [0.1, 0.15) is 0 Å². The fourth-order valence-electron chi connectivity index (χ4n) is 2.96. The lowest BCUT2D eigenvalue weighted by molar-refractivity contribution is 0.0697. The summed E-state index contributed by atoms with van der Waals surface area (Å²) in [5.41, 5.74) is 2.41. The molecule has 2 rings (SSSR count). The summed E-state index contributed by atoms with van der Waals surface area (Å²) in [5, 5.41) is 12.6. The first-order chi connectivity index (χ1) is 9.97. The third-order valence-corrected chi connectivity index (χ3v) is 4.33. The fourth-order valence-corrected chi connectivity index (χ4v) is 2.96. The molecule has 0 saturated carbocycles. The molecule has 21 heavy (non-hydrogen) atoms. The van der Waals surface area contributed by atoms with Crippen LogP contribution in [-0.4, -0.2) is 41.1 Å². The molecular formula is C17H26N2O2. The molecule has 0 amide bonds. The molecule has 0 bridgehead atoms. The third-order valence-electron chi connectivity index (χ3n) is 4.33. The van der Waals surface area contributed by atoms with Gasteiger partial charge >= 0.3 is 5.97 Å². The Bertz CT molecular complexity index is 500. The van der Waals surface area contributed by atoms with E-state index in [2.05, 4.69) is 24.1 Å². The second-order valence-corrected chi connectivity index (χ2v) is 6.24. The minimum Gasteiger partial charge on any atom is -0.478 e. The number of carboxylic acid groups (broad SMARTS) is 1. The van der Waals surface area contributed by atoms with Gasteiger partial charge in [0.25, 0.3) is 0 Å². The van der Waals surface area contributed by atoms with Gasteiger partial charge in [-0.15, -0.1) is 0 Å². The number of carboxylic acids is 1. The topological polar surface area (TPSA) is 52.6 Å². The second-order valence-electron chi connectivity index (χ2n) is 6.24. The molecule has 1 aromatic carbocycles. The highest BCUT2D eigenvalue weighted by atomic mass is 16.4. The summed E-state index contributed by atoms with van der Waals surface area (Å²) in [6.45, 7) is 8.77. The molecule has 1 heterocycles. The lowest BCUT2D eigenvalue weighted by atomic mass is 10.1. The van der Waals surface area contributed by atoms with Gasteiger partial charge in [-0.3, -0.25) is 0 Å². The molecule has 4 heteroatoms. The van der Waals surface area contributed by atoms with Crippen molar-refractivity contribution in [1.82, 2.24) is 4.90 Å². The Morgan fingerprint density at radius 2 is 2.10 bits per heavy atom. The lowest BCUT2D eigenvalue weighted by Crippen LogP contribution is -2.32. The van der Waals surface area contributed by atoms with Crippen molar-refractivity contribution in [2.75, 3.05) is 18.4 Å². The largest absolute Gasteiger partial charge is 0.478 e. The molecule has 0 spiro atoms. The van der Waals surface area contributed by atoms with Crippen molar-refractivity contribution in [3.8, 4) is 0 Å². The van der Waals surface area contributed by atoms with E-state index in [1.165, 1.54) is 19.4 Å². The number of likely N-dealkylation sites (tertiary alicyclic amines) is 1. The van der Waals surface area contributed by atoms with E-state index >= 15 is 0 Å². The van der Waals surface area contributed by atoms with Crippen LogP contribution in [0.2, 0.25) is 0 Å². The van der Waals surface area contributed by atoms with Gasteiger partial charge in [-0.05, 0) is 70.3 Å². The van der Waals surface area contributed by atoms with Gasteiger partial charge in [0.2, 0.25) is 0 Å². The van der Waals surface area contributed by atoms with E-state index < -0.39 is 5.97 Å². The Labute approximate surface area is 127 Å². The first-order valence-electron chi connectivity index (χ1n) is 7.82. The van der Waals surface area contributed by atoms with Gasteiger partial charge in [-0.1, -0.05) is 0 Å². The normalized spacial score (nSPS) is 20.3. The number of nitrogens with zero attached hydrogens (tertiary/aromatic N) is 1. The molecule has 1 saturated heterocycles. The molecule has 1 fully saturated rings. The maximum atomic E-state index is 11.0. The number of aryl methyl sites for hydroxylation is 1. The predicted octanol–water partition coefficient (Wildman–Crippen LogP) is 3.37. The van der Waals surface area contributed by atoms with Gasteiger partial charge in [-0.25, -0.2) is 4.79 Å². The van der Waals surface area contributed by atoms with Crippen LogP contribution in [0, 0.1) is 6.92 Å². The number of benzene rings is 1. The van der Waals surface area contributed by atoms with Crippen LogP contribution in [0.25, 0.3) is 0 Å². The Kier molecular flexibility index (Phi) is 5.23. The number of hydrogen-bond donors (Lipinski definition) is 2. The average Bonchev–Trinajstić information content (AvgIpc) is 2.66. The Balaban J connectivity index is 2.00. The molecule has 0 aliphatic carbocycles. The van der Waals surface area contributed by atoms with Gasteiger partial charge in [-0.2, -0.15) is 0 Å². The second kappa shape index (κ2) is 6.94. The van der Waals surface area contributed by atoms with E-state index in [0.29, 0.717) is 17.6 Å². The summed E-state index contributed by atoms with van der Waals surface area (Å²) in [7, 11) is 0. The summed E-state index contributed by atoms with van der Waals surface area (Å²) >= 11 is 0. The zero-order valence-corrected chi connectivity index (χ0v) is 13.2. The number of aromatic carboxylic acids is 1. The van der Waals surface area contributed by atoms with Crippen molar-refractivity contribution in [3.63, 3.8) is 0 Å². The number of carbonyl (C=O) groups is 1. The first-order valence-corrected chi connectivity index (χ1v) is 7.82. The van der Waals surface area contributed by atoms with Crippen LogP contribution >= 0.6 is 0 Å². The van der Waals surface area contributed by atoms with Crippen LogP contribution in [0.4, 0.5) is 5.69 Å². The maximum Gasteiger partial charge on any atom is 0.335 e. The lowest BCUT2D eigenvalue weighted by Gasteiger charge is -2.24. The standard InChI is InChI=1S/C17H26N2O2/c1-12(2)19-9-4-5-15(8-10-19)18-16-7-6-14(17(20)21)11-13(16)3/h6-7,11-12,15,18H,4-5,8-10H2,1-3H3,(H,20,21). The van der Waals surface area contributed by atoms with Gasteiger partial charge in [0.05, 0.1) is 5.56 Å². The van der Waals surface area contributed by atoms with Crippen LogP contribution in [0.1, 0.15) is 49.0 Å². The predicted molar refractivity (Wildman–Crippen MR) is 86.1 cm³/mol. The summed E-state index contributed by atoms with van der Waals surface area (Å²) in [6, 6.07) is 6.39. The molecule has 116 valence electrons. The van der Waals surface area contributed by atoms with Gasteiger partial charge in [0, 0.05) is 24.3 Å². The number of hydrogen-bond acceptors (Lipinski definition) is 3. The number of rotatable bonds is 4. The quantitative estimate of drug-likeness (QED) is 0.892. The molecule has 2 N–H and O–H groups in total. The van der Waals surface area contributed by atoms with E-state index in [1.54, 1.807) is 12.1 Å².